The summed E-state index contributed by atoms with van der Waals surface area (Å²) in [5.41, 5.74) is 4.96. The Labute approximate surface area is 82.2 Å². The van der Waals surface area contributed by atoms with Crippen LogP contribution in [-0.4, -0.2) is 23.7 Å². The lowest BCUT2D eigenvalue weighted by molar-refractivity contribution is -0.136. The van der Waals surface area contributed by atoms with Gasteiger partial charge in [-0.05, 0) is 12.3 Å². The lowest BCUT2D eigenvalue weighted by Gasteiger charge is -1.92. The van der Waals surface area contributed by atoms with E-state index in [2.05, 4.69) is 17.9 Å². The number of hydrogen-bond acceptors (Lipinski definition) is 4. The van der Waals surface area contributed by atoms with Gasteiger partial charge >= 0.3 is 11.9 Å². The van der Waals surface area contributed by atoms with Crippen molar-refractivity contribution in [3.05, 3.63) is 37.6 Å². The number of carboxylic acid groups (broad SMARTS) is 1. The monoisotopic (exact) mass is 199 g/mol. The van der Waals surface area contributed by atoms with Gasteiger partial charge in [-0.3, -0.25) is 0 Å². The molecule has 0 rings (SSSR count). The Balaban J connectivity index is 0. The van der Waals surface area contributed by atoms with Crippen LogP contribution in [0, 0.1) is 0 Å². The third-order valence-corrected chi connectivity index (χ3v) is 0.799. The molecule has 0 saturated carbocycles. The summed E-state index contributed by atoms with van der Waals surface area (Å²) >= 11 is 0. The average molecular weight is 199 g/mol. The van der Waals surface area contributed by atoms with E-state index in [1.165, 1.54) is 12.3 Å². The minimum Gasteiger partial charge on any atom is -0.478 e. The topological polar surface area (TPSA) is 89.6 Å². The van der Waals surface area contributed by atoms with Crippen molar-refractivity contribution in [2.24, 2.45) is 5.73 Å². The van der Waals surface area contributed by atoms with Crippen LogP contribution in [0.1, 0.15) is 0 Å². The van der Waals surface area contributed by atoms with E-state index in [4.69, 9.17) is 10.8 Å². The summed E-state index contributed by atoms with van der Waals surface area (Å²) in [6, 6.07) is 0. The van der Waals surface area contributed by atoms with Crippen LogP contribution in [0.15, 0.2) is 37.6 Å². The maximum absolute atomic E-state index is 10.3. The molecular formula is C9H13NO4. The second kappa shape index (κ2) is 11.0. The predicted octanol–water partition coefficient (Wildman–Crippen LogP) is 0.445. The standard InChI is InChI=1S/C6H9NO2.C3H4O2/c1-2-6(8)9-5-3-4-7;1-2-3(4)5/h2-4H,1,5,7H2;2H,1H2,(H,4,5). The molecule has 0 aromatic carbocycles. The number of ether oxygens (including phenoxy) is 1. The van der Waals surface area contributed by atoms with Gasteiger partial charge in [0.25, 0.3) is 0 Å². The Morgan fingerprint density at radius 1 is 1.36 bits per heavy atom. The normalized spacial score (nSPS) is 8.29. The highest BCUT2D eigenvalue weighted by Crippen LogP contribution is 1.78. The van der Waals surface area contributed by atoms with E-state index in [0.717, 1.165) is 12.2 Å². The largest absolute Gasteiger partial charge is 0.478 e. The lowest BCUT2D eigenvalue weighted by Crippen LogP contribution is -1.99. The van der Waals surface area contributed by atoms with Crippen molar-refractivity contribution in [2.45, 2.75) is 0 Å². The molecule has 0 fully saturated rings. The van der Waals surface area contributed by atoms with Crippen molar-refractivity contribution in [1.29, 1.82) is 0 Å². The van der Waals surface area contributed by atoms with Crippen molar-refractivity contribution < 1.29 is 19.4 Å². The van der Waals surface area contributed by atoms with Gasteiger partial charge in [0.1, 0.15) is 6.61 Å². The molecule has 3 N–H and O–H groups in total. The molecule has 0 radical (unpaired) electrons. The number of esters is 1. The summed E-state index contributed by atoms with van der Waals surface area (Å²) in [6.45, 7) is 6.38. The minimum atomic E-state index is -0.981. The maximum atomic E-state index is 10.3. The fraction of sp³-hybridized carbons (Fsp3) is 0.111. The van der Waals surface area contributed by atoms with E-state index in [1.807, 2.05) is 0 Å². The van der Waals surface area contributed by atoms with Gasteiger partial charge in [0.2, 0.25) is 0 Å². The minimum absolute atomic E-state index is 0.210. The summed E-state index contributed by atoms with van der Waals surface area (Å²) in [5, 5.41) is 7.60. The number of aliphatic carboxylic acids is 1. The third kappa shape index (κ3) is 16.5. The first-order valence-corrected chi connectivity index (χ1v) is 3.59. The molecule has 0 aromatic rings. The van der Waals surface area contributed by atoms with Gasteiger partial charge in [-0.2, -0.15) is 0 Å². The van der Waals surface area contributed by atoms with Crippen molar-refractivity contribution in [3.8, 4) is 0 Å². The van der Waals surface area contributed by atoms with E-state index >= 15 is 0 Å². The van der Waals surface area contributed by atoms with Gasteiger partial charge in [0.05, 0.1) is 0 Å². The molecule has 0 unspecified atom stereocenters. The zero-order valence-electron chi connectivity index (χ0n) is 7.68. The Morgan fingerprint density at radius 3 is 2.14 bits per heavy atom. The summed E-state index contributed by atoms with van der Waals surface area (Å²) in [6.07, 6.45) is 4.78. The fourth-order valence-electron chi connectivity index (χ4n) is 0.245. The van der Waals surface area contributed by atoms with E-state index in [9.17, 15) is 9.59 Å². The summed E-state index contributed by atoms with van der Waals surface area (Å²) in [7, 11) is 0. The molecule has 0 aliphatic rings. The molecule has 0 aliphatic carbocycles. The van der Waals surface area contributed by atoms with Crippen LogP contribution in [0.2, 0.25) is 0 Å². The molecule has 0 saturated heterocycles. The SMILES string of the molecule is C=CC(=O)O.C=CC(=O)OCC=CN. The molecule has 0 amide bonds. The molecule has 0 spiro atoms. The summed E-state index contributed by atoms with van der Waals surface area (Å²) < 4.78 is 4.51. The van der Waals surface area contributed by atoms with Crippen molar-refractivity contribution >= 4 is 11.9 Å². The molecule has 14 heavy (non-hydrogen) atoms. The molecule has 78 valence electrons. The molecule has 5 nitrogen and oxygen atoms in total. The van der Waals surface area contributed by atoms with E-state index in [-0.39, 0.29) is 6.61 Å². The van der Waals surface area contributed by atoms with Crippen LogP contribution in [0.3, 0.4) is 0 Å². The second-order valence-corrected chi connectivity index (χ2v) is 1.80. The first-order valence-electron chi connectivity index (χ1n) is 3.59. The third-order valence-electron chi connectivity index (χ3n) is 0.799. The van der Waals surface area contributed by atoms with Gasteiger partial charge in [-0.25, -0.2) is 9.59 Å². The Hall–Kier alpha value is -2.04. The highest BCUT2D eigenvalue weighted by atomic mass is 16.5. The molecule has 0 aromatic heterocycles. The van der Waals surface area contributed by atoms with Crippen LogP contribution < -0.4 is 5.73 Å². The number of nitrogens with two attached hydrogens (primary N) is 1. The number of carboxylic acids is 1. The Kier molecular flexibility index (Phi) is 11.3. The molecule has 0 heterocycles. The zero-order valence-corrected chi connectivity index (χ0v) is 7.68. The van der Waals surface area contributed by atoms with E-state index in [0.29, 0.717) is 0 Å². The van der Waals surface area contributed by atoms with Crippen molar-refractivity contribution in [1.82, 2.24) is 0 Å². The first kappa shape index (κ1) is 14.5. The van der Waals surface area contributed by atoms with Gasteiger partial charge < -0.3 is 15.6 Å². The smallest absolute Gasteiger partial charge is 0.330 e. The van der Waals surface area contributed by atoms with Crippen LogP contribution in [0.25, 0.3) is 0 Å². The van der Waals surface area contributed by atoms with Gasteiger partial charge in [0.15, 0.2) is 0 Å². The molecular weight excluding hydrogens is 186 g/mol. The van der Waals surface area contributed by atoms with Gasteiger partial charge in [-0.15, -0.1) is 0 Å². The molecule has 5 heteroatoms. The fourth-order valence-corrected chi connectivity index (χ4v) is 0.245. The lowest BCUT2D eigenvalue weighted by atomic mass is 10.6. The highest BCUT2D eigenvalue weighted by molar-refractivity contribution is 5.81. The highest BCUT2D eigenvalue weighted by Gasteiger charge is 1.88. The van der Waals surface area contributed by atoms with Crippen LogP contribution >= 0.6 is 0 Å². The Bertz CT molecular complexity index is 233. The average Bonchev–Trinajstić information content (AvgIpc) is 2.19. The summed E-state index contributed by atoms with van der Waals surface area (Å²) in [5.74, 6) is -1.42. The molecule has 0 bridgehead atoms. The van der Waals surface area contributed by atoms with Crippen LogP contribution in [0.5, 0.6) is 0 Å². The maximum Gasteiger partial charge on any atom is 0.330 e. The van der Waals surface area contributed by atoms with Crippen molar-refractivity contribution in [2.75, 3.05) is 6.61 Å². The first-order chi connectivity index (χ1) is 6.58. The van der Waals surface area contributed by atoms with Gasteiger partial charge in [-0.1, -0.05) is 13.2 Å². The Morgan fingerprint density at radius 2 is 1.86 bits per heavy atom. The number of carbonyl (C=O) groups excluding carboxylic acids is 1. The van der Waals surface area contributed by atoms with Crippen LogP contribution in [-0.2, 0) is 14.3 Å². The number of rotatable bonds is 4. The predicted molar refractivity (Wildman–Crippen MR) is 52.3 cm³/mol. The van der Waals surface area contributed by atoms with Crippen LogP contribution in [0.4, 0.5) is 0 Å². The summed E-state index contributed by atoms with van der Waals surface area (Å²) in [4.78, 5) is 19.5. The van der Waals surface area contributed by atoms with Crippen molar-refractivity contribution in [3.63, 3.8) is 0 Å². The molecule has 0 atom stereocenters. The molecule has 0 aliphatic heterocycles. The van der Waals surface area contributed by atoms with Gasteiger partial charge in [0, 0.05) is 12.2 Å². The second-order valence-electron chi connectivity index (χ2n) is 1.80. The quantitative estimate of drug-likeness (QED) is 0.506. The van der Waals surface area contributed by atoms with E-state index < -0.39 is 11.9 Å². The van der Waals surface area contributed by atoms with E-state index in [1.54, 1.807) is 0 Å². The number of carbonyl (C=O) groups is 2. The zero-order chi connectivity index (χ0) is 11.4. The number of hydrogen-bond donors (Lipinski definition) is 2.